The first-order chi connectivity index (χ1) is 13.2. The van der Waals surface area contributed by atoms with Crippen LogP contribution in [0.25, 0.3) is 5.82 Å². The summed E-state index contributed by atoms with van der Waals surface area (Å²) in [4.78, 5) is 10.9. The van der Waals surface area contributed by atoms with Gasteiger partial charge in [0.2, 0.25) is 10.0 Å². The molecule has 0 aliphatic carbocycles. The summed E-state index contributed by atoms with van der Waals surface area (Å²) in [5.74, 6) is -2.02. The van der Waals surface area contributed by atoms with Crippen LogP contribution in [0.3, 0.4) is 0 Å². The van der Waals surface area contributed by atoms with Gasteiger partial charge in [-0.3, -0.25) is 4.79 Å². The van der Waals surface area contributed by atoms with Crippen LogP contribution in [-0.4, -0.2) is 34.5 Å². The summed E-state index contributed by atoms with van der Waals surface area (Å²) in [6.07, 6.45) is 0. The molecule has 0 bridgehead atoms. The van der Waals surface area contributed by atoms with Crippen LogP contribution < -0.4 is 10.3 Å². The lowest BCUT2D eigenvalue weighted by Gasteiger charge is -2.10. The second kappa shape index (κ2) is 7.60. The summed E-state index contributed by atoms with van der Waals surface area (Å²) in [5, 5.41) is 8.44. The number of benzene rings is 1. The predicted octanol–water partition coefficient (Wildman–Crippen LogP) is 1.30. The van der Waals surface area contributed by atoms with E-state index in [0.717, 1.165) is 34.3 Å². The molecule has 0 spiro atoms. The van der Waals surface area contributed by atoms with Crippen molar-refractivity contribution in [2.45, 2.75) is 25.3 Å². The lowest BCUT2D eigenvalue weighted by molar-refractivity contribution is 0.507. The Labute approximate surface area is 159 Å². The van der Waals surface area contributed by atoms with Gasteiger partial charge in [0.1, 0.15) is 11.6 Å². The van der Waals surface area contributed by atoms with E-state index in [0.29, 0.717) is 5.82 Å². The third-order valence-corrected chi connectivity index (χ3v) is 5.39. The van der Waals surface area contributed by atoms with Crippen LogP contribution in [-0.2, 0) is 16.6 Å². The quantitative estimate of drug-likeness (QED) is 0.662. The number of nitrogens with one attached hydrogen (secondary N) is 1. The number of aryl methyl sites for hydroxylation is 2. The molecular formula is C17H17F2N5O3S. The van der Waals surface area contributed by atoms with Gasteiger partial charge < -0.3 is 0 Å². The molecule has 0 aliphatic rings. The normalized spacial score (nSPS) is 11.7. The van der Waals surface area contributed by atoms with Gasteiger partial charge in [0.15, 0.2) is 10.7 Å². The van der Waals surface area contributed by atoms with E-state index in [1.54, 1.807) is 4.68 Å². The van der Waals surface area contributed by atoms with Crippen molar-refractivity contribution in [2.75, 3.05) is 6.54 Å². The molecule has 148 valence electrons. The van der Waals surface area contributed by atoms with Gasteiger partial charge in [0.05, 0.1) is 12.2 Å². The molecule has 0 aliphatic heterocycles. The first kappa shape index (κ1) is 19.8. The highest BCUT2D eigenvalue weighted by atomic mass is 32.2. The van der Waals surface area contributed by atoms with Gasteiger partial charge in [-0.05, 0) is 38.1 Å². The molecule has 0 unspecified atom stereocenters. The molecule has 0 saturated heterocycles. The molecule has 28 heavy (non-hydrogen) atoms. The predicted molar refractivity (Wildman–Crippen MR) is 96.6 cm³/mol. The van der Waals surface area contributed by atoms with Crippen LogP contribution in [0.1, 0.15) is 11.4 Å². The Bertz CT molecular complexity index is 1170. The highest BCUT2D eigenvalue weighted by molar-refractivity contribution is 7.89. The monoisotopic (exact) mass is 409 g/mol. The minimum atomic E-state index is -4.43. The summed E-state index contributed by atoms with van der Waals surface area (Å²) in [7, 11) is -4.43. The molecular weight excluding hydrogens is 392 g/mol. The van der Waals surface area contributed by atoms with E-state index in [4.69, 9.17) is 0 Å². The average molecular weight is 409 g/mol. The fourth-order valence-corrected chi connectivity index (χ4v) is 3.82. The van der Waals surface area contributed by atoms with Crippen LogP contribution in [0.2, 0.25) is 0 Å². The smallest absolute Gasteiger partial charge is 0.266 e. The summed E-state index contributed by atoms with van der Waals surface area (Å²) < 4.78 is 56.4. The van der Waals surface area contributed by atoms with Gasteiger partial charge in [-0.2, -0.15) is 5.10 Å². The van der Waals surface area contributed by atoms with E-state index >= 15 is 0 Å². The van der Waals surface area contributed by atoms with Crippen molar-refractivity contribution < 1.29 is 17.2 Å². The molecule has 0 fully saturated rings. The second-order valence-corrected chi connectivity index (χ2v) is 7.74. The number of halogens is 2. The fourth-order valence-electron chi connectivity index (χ4n) is 2.67. The first-order valence-electron chi connectivity index (χ1n) is 8.24. The molecule has 0 amide bonds. The Morgan fingerprint density at radius 2 is 1.75 bits per heavy atom. The van der Waals surface area contributed by atoms with E-state index < -0.39 is 32.1 Å². The summed E-state index contributed by atoms with van der Waals surface area (Å²) in [6.45, 7) is 3.22. The lowest BCUT2D eigenvalue weighted by Crippen LogP contribution is -2.33. The zero-order chi connectivity index (χ0) is 20.5. The van der Waals surface area contributed by atoms with E-state index in [1.807, 2.05) is 19.9 Å². The molecule has 11 heteroatoms. The lowest BCUT2D eigenvalue weighted by atomic mass is 10.3. The van der Waals surface area contributed by atoms with Crippen LogP contribution in [0.5, 0.6) is 0 Å². The number of rotatable bonds is 6. The molecule has 8 nitrogen and oxygen atoms in total. The molecule has 1 aromatic carbocycles. The average Bonchev–Trinajstić information content (AvgIpc) is 2.94. The van der Waals surface area contributed by atoms with Crippen molar-refractivity contribution in [3.8, 4) is 5.82 Å². The number of sulfonamides is 1. The van der Waals surface area contributed by atoms with E-state index in [1.165, 1.54) is 12.1 Å². The number of nitrogens with zero attached hydrogens (tertiary/aromatic N) is 4. The molecule has 3 aromatic rings. The van der Waals surface area contributed by atoms with Gasteiger partial charge in [-0.15, -0.1) is 5.10 Å². The van der Waals surface area contributed by atoms with Crippen molar-refractivity contribution in [3.63, 3.8) is 0 Å². The van der Waals surface area contributed by atoms with E-state index in [-0.39, 0.29) is 13.1 Å². The standard InChI is InChI=1S/C17H17F2N5O3S/c1-11-10-12(2)24(21-11)15-6-7-16(25)23(22-15)9-8-20-28(26,27)17-13(18)4-3-5-14(17)19/h3-7,10,20H,8-9H2,1-2H3. The fraction of sp³-hybridized carbons (Fsp3) is 0.235. The van der Waals surface area contributed by atoms with E-state index in [9.17, 15) is 22.0 Å². The largest absolute Gasteiger partial charge is 0.268 e. The topological polar surface area (TPSA) is 98.9 Å². The highest BCUT2D eigenvalue weighted by Crippen LogP contribution is 2.17. The second-order valence-electron chi connectivity index (χ2n) is 6.04. The molecule has 0 atom stereocenters. The molecule has 0 saturated carbocycles. The van der Waals surface area contributed by atoms with Gasteiger partial charge >= 0.3 is 0 Å². The van der Waals surface area contributed by atoms with Crippen LogP contribution >= 0.6 is 0 Å². The van der Waals surface area contributed by atoms with Crippen LogP contribution in [0, 0.1) is 25.5 Å². The third kappa shape index (κ3) is 3.99. The number of hydrogen-bond acceptors (Lipinski definition) is 5. The molecule has 3 rings (SSSR count). The minimum Gasteiger partial charge on any atom is -0.268 e. The summed E-state index contributed by atoms with van der Waals surface area (Å²) in [6, 6.07) is 7.38. The maximum Gasteiger partial charge on any atom is 0.266 e. The first-order valence-corrected chi connectivity index (χ1v) is 9.73. The Hall–Kier alpha value is -2.92. The maximum absolute atomic E-state index is 13.7. The zero-order valence-electron chi connectivity index (χ0n) is 15.1. The van der Waals surface area contributed by atoms with Crippen molar-refractivity contribution in [1.29, 1.82) is 0 Å². The van der Waals surface area contributed by atoms with E-state index in [2.05, 4.69) is 14.9 Å². The SMILES string of the molecule is Cc1cc(C)n(-c2ccc(=O)n(CCNS(=O)(=O)c3c(F)cccc3F)n2)n1. The van der Waals surface area contributed by atoms with Crippen molar-refractivity contribution in [3.05, 3.63) is 69.8 Å². The molecule has 2 aromatic heterocycles. The Kier molecular flexibility index (Phi) is 5.38. The molecule has 2 heterocycles. The molecule has 1 N–H and O–H groups in total. The highest BCUT2D eigenvalue weighted by Gasteiger charge is 2.23. The summed E-state index contributed by atoms with van der Waals surface area (Å²) in [5.41, 5.74) is 1.13. The van der Waals surface area contributed by atoms with Gasteiger partial charge in [0.25, 0.3) is 5.56 Å². The van der Waals surface area contributed by atoms with Crippen molar-refractivity contribution in [2.24, 2.45) is 0 Å². The Balaban J connectivity index is 1.79. The number of aromatic nitrogens is 4. The van der Waals surface area contributed by atoms with Gasteiger partial charge in [0, 0.05) is 18.3 Å². The maximum atomic E-state index is 13.7. The Morgan fingerprint density at radius 3 is 2.36 bits per heavy atom. The molecule has 0 radical (unpaired) electrons. The van der Waals surface area contributed by atoms with Gasteiger partial charge in [-0.25, -0.2) is 31.3 Å². The van der Waals surface area contributed by atoms with Gasteiger partial charge in [-0.1, -0.05) is 6.07 Å². The van der Waals surface area contributed by atoms with Crippen LogP contribution in [0.15, 0.2) is 46.1 Å². The van der Waals surface area contributed by atoms with Crippen LogP contribution in [0.4, 0.5) is 8.78 Å². The minimum absolute atomic E-state index is 0.138. The number of hydrogen-bond donors (Lipinski definition) is 1. The zero-order valence-corrected chi connectivity index (χ0v) is 15.9. The van der Waals surface area contributed by atoms with Crippen molar-refractivity contribution in [1.82, 2.24) is 24.3 Å². The summed E-state index contributed by atoms with van der Waals surface area (Å²) >= 11 is 0. The van der Waals surface area contributed by atoms with Crippen molar-refractivity contribution >= 4 is 10.0 Å². The Morgan fingerprint density at radius 1 is 1.07 bits per heavy atom. The third-order valence-electron chi connectivity index (χ3n) is 3.88.